The van der Waals surface area contributed by atoms with E-state index in [0.29, 0.717) is 6.42 Å². The first-order valence-corrected chi connectivity index (χ1v) is 10.9. The fourth-order valence-corrected chi connectivity index (χ4v) is 3.51. The maximum Gasteiger partial charge on any atom is 0.224 e. The topological polar surface area (TPSA) is 29.1 Å². The van der Waals surface area contributed by atoms with Gasteiger partial charge in [0.1, 0.15) is 0 Å². The highest BCUT2D eigenvalue weighted by Crippen LogP contribution is 2.30. The lowest BCUT2D eigenvalue weighted by Gasteiger charge is -2.20. The number of amides is 1. The molecule has 0 spiro atoms. The zero-order chi connectivity index (χ0) is 19.3. The van der Waals surface area contributed by atoms with Crippen molar-refractivity contribution < 1.29 is 4.79 Å². The van der Waals surface area contributed by atoms with Gasteiger partial charge in [0.05, 0.1) is 11.3 Å². The molecule has 1 aromatic carbocycles. The van der Waals surface area contributed by atoms with Crippen molar-refractivity contribution in [3.05, 3.63) is 35.4 Å². The number of hydrogen-bond donors (Lipinski definition) is 1. The van der Waals surface area contributed by atoms with Gasteiger partial charge in [0.15, 0.2) is 0 Å². The Labute approximate surface area is 166 Å². The summed E-state index contributed by atoms with van der Waals surface area (Å²) in [5.74, 6) is 0.0919. The van der Waals surface area contributed by atoms with E-state index in [-0.39, 0.29) is 5.91 Å². The summed E-state index contributed by atoms with van der Waals surface area (Å²) in [6.45, 7) is 6.97. The summed E-state index contributed by atoms with van der Waals surface area (Å²) >= 11 is 6.44. The summed E-state index contributed by atoms with van der Waals surface area (Å²) in [6.07, 6.45) is 13.5. The molecule has 0 saturated carbocycles. The number of unbranched alkanes of at least 4 members (excludes halogenated alkanes) is 9. The number of carbonyl (C=O) groups is 1. The molecule has 0 radical (unpaired) electrons. The van der Waals surface area contributed by atoms with Crippen LogP contribution in [0.15, 0.2) is 24.3 Å². The van der Waals surface area contributed by atoms with Crippen LogP contribution < -0.4 is 5.32 Å². The van der Waals surface area contributed by atoms with Gasteiger partial charge in [-0.25, -0.2) is 0 Å². The van der Waals surface area contributed by atoms with Gasteiger partial charge in [-0.1, -0.05) is 89.0 Å². The van der Waals surface area contributed by atoms with E-state index in [1.165, 1.54) is 57.8 Å². The fourth-order valence-electron chi connectivity index (χ4n) is 3.33. The average molecular weight is 380 g/mol. The molecule has 0 fully saturated rings. The normalized spacial score (nSPS) is 11.5. The van der Waals surface area contributed by atoms with Crippen LogP contribution >= 0.6 is 11.6 Å². The molecular weight excluding hydrogens is 342 g/mol. The van der Waals surface area contributed by atoms with Gasteiger partial charge in [-0.2, -0.15) is 0 Å². The molecule has 148 valence electrons. The molecule has 26 heavy (non-hydrogen) atoms. The largest absolute Gasteiger partial charge is 0.356 e. The molecule has 0 bridgehead atoms. The first kappa shape index (κ1) is 23.0. The number of hydrogen-bond acceptors (Lipinski definition) is 1. The second-order valence-electron chi connectivity index (χ2n) is 7.84. The number of rotatable bonds is 14. The van der Waals surface area contributed by atoms with Crippen LogP contribution in [0.25, 0.3) is 0 Å². The second kappa shape index (κ2) is 13.2. The quantitative estimate of drug-likeness (QED) is 0.281. The third-order valence-electron chi connectivity index (χ3n) is 4.86. The van der Waals surface area contributed by atoms with Crippen molar-refractivity contribution in [1.82, 2.24) is 5.32 Å². The summed E-state index contributed by atoms with van der Waals surface area (Å²) in [5.41, 5.74) is 2.06. The number of nitrogens with one attached hydrogen (secondary N) is 1. The molecule has 3 heteroatoms. The minimum atomic E-state index is -0.451. The lowest BCUT2D eigenvalue weighted by molar-refractivity contribution is -0.120. The van der Waals surface area contributed by atoms with Gasteiger partial charge in [0.2, 0.25) is 5.91 Å². The van der Waals surface area contributed by atoms with E-state index in [4.69, 9.17) is 11.6 Å². The van der Waals surface area contributed by atoms with Gasteiger partial charge in [-0.3, -0.25) is 4.79 Å². The zero-order valence-electron chi connectivity index (χ0n) is 17.1. The summed E-state index contributed by atoms with van der Waals surface area (Å²) in [4.78, 5) is 11.7. The molecule has 0 aliphatic heterocycles. The third kappa shape index (κ3) is 10.2. The Hall–Kier alpha value is -1.02. The highest BCUT2D eigenvalue weighted by molar-refractivity contribution is 6.23. The second-order valence-corrected chi connectivity index (χ2v) is 8.78. The highest BCUT2D eigenvalue weighted by atomic mass is 35.5. The molecule has 0 aliphatic rings. The SMILES string of the molecule is CCCCCCCCCCCCNC(=O)Cc1ccccc1C(C)(C)Cl. The number of halogens is 1. The molecule has 0 aromatic heterocycles. The molecule has 0 atom stereocenters. The van der Waals surface area contributed by atoms with Crippen molar-refractivity contribution >= 4 is 17.5 Å². The van der Waals surface area contributed by atoms with E-state index >= 15 is 0 Å². The highest BCUT2D eigenvalue weighted by Gasteiger charge is 2.20. The fraction of sp³-hybridized carbons (Fsp3) is 0.696. The molecule has 1 N–H and O–H groups in total. The minimum Gasteiger partial charge on any atom is -0.356 e. The summed E-state index contributed by atoms with van der Waals surface area (Å²) in [5, 5.41) is 3.05. The van der Waals surface area contributed by atoms with Crippen LogP contribution in [0.2, 0.25) is 0 Å². The van der Waals surface area contributed by atoms with E-state index in [2.05, 4.69) is 12.2 Å². The Morgan fingerprint density at radius 1 is 0.923 bits per heavy atom. The minimum absolute atomic E-state index is 0.0919. The van der Waals surface area contributed by atoms with E-state index in [0.717, 1.165) is 24.1 Å². The van der Waals surface area contributed by atoms with Crippen LogP contribution in [0, 0.1) is 0 Å². The standard InChI is InChI=1S/C23H38ClNO/c1-4-5-6-7-8-9-10-11-12-15-18-25-22(26)19-20-16-13-14-17-21(20)23(2,3)24/h13-14,16-17H,4-12,15,18-19H2,1-3H3,(H,25,26). The van der Waals surface area contributed by atoms with Crippen molar-refractivity contribution in [2.24, 2.45) is 0 Å². The Balaban J connectivity index is 2.11. The maximum atomic E-state index is 12.2. The first-order valence-electron chi connectivity index (χ1n) is 10.5. The predicted molar refractivity (Wildman–Crippen MR) is 114 cm³/mol. The van der Waals surface area contributed by atoms with Gasteiger partial charge in [-0.05, 0) is 31.4 Å². The summed E-state index contributed by atoms with van der Waals surface area (Å²) in [7, 11) is 0. The van der Waals surface area contributed by atoms with Crippen molar-refractivity contribution in [2.75, 3.05) is 6.54 Å². The van der Waals surface area contributed by atoms with Crippen LogP contribution in [0.1, 0.15) is 96.1 Å². The van der Waals surface area contributed by atoms with E-state index in [1.807, 2.05) is 38.1 Å². The van der Waals surface area contributed by atoms with Crippen molar-refractivity contribution in [1.29, 1.82) is 0 Å². The average Bonchev–Trinajstić information content (AvgIpc) is 2.59. The lowest BCUT2D eigenvalue weighted by Crippen LogP contribution is -2.27. The summed E-state index contributed by atoms with van der Waals surface area (Å²) in [6, 6.07) is 7.96. The van der Waals surface area contributed by atoms with E-state index < -0.39 is 4.87 Å². The first-order chi connectivity index (χ1) is 12.4. The van der Waals surface area contributed by atoms with Gasteiger partial charge in [0.25, 0.3) is 0 Å². The molecule has 0 saturated heterocycles. The predicted octanol–water partition coefficient (Wildman–Crippen LogP) is 6.74. The maximum absolute atomic E-state index is 12.2. The van der Waals surface area contributed by atoms with Crippen molar-refractivity contribution in [2.45, 2.75) is 96.3 Å². The molecule has 1 rings (SSSR count). The number of alkyl halides is 1. The van der Waals surface area contributed by atoms with E-state index in [9.17, 15) is 4.79 Å². The van der Waals surface area contributed by atoms with Crippen LogP contribution in [-0.4, -0.2) is 12.5 Å². The Morgan fingerprint density at radius 2 is 1.46 bits per heavy atom. The van der Waals surface area contributed by atoms with Gasteiger partial charge >= 0.3 is 0 Å². The molecule has 0 unspecified atom stereocenters. The molecular formula is C23H38ClNO. The number of benzene rings is 1. The van der Waals surface area contributed by atoms with Crippen LogP contribution in [0.5, 0.6) is 0 Å². The van der Waals surface area contributed by atoms with E-state index in [1.54, 1.807) is 0 Å². The molecule has 0 heterocycles. The molecule has 1 amide bonds. The Kier molecular flexibility index (Phi) is 11.7. The Bertz CT molecular complexity index is 507. The lowest BCUT2D eigenvalue weighted by atomic mass is 9.94. The Morgan fingerprint density at radius 3 is 2.04 bits per heavy atom. The van der Waals surface area contributed by atoms with Gasteiger partial charge < -0.3 is 5.32 Å². The molecule has 1 aromatic rings. The smallest absolute Gasteiger partial charge is 0.224 e. The molecule has 0 aliphatic carbocycles. The number of carbonyl (C=O) groups excluding carboxylic acids is 1. The monoisotopic (exact) mass is 379 g/mol. The molecule has 2 nitrogen and oxygen atoms in total. The van der Waals surface area contributed by atoms with Gasteiger partial charge in [0, 0.05) is 6.54 Å². The van der Waals surface area contributed by atoms with Crippen molar-refractivity contribution in [3.63, 3.8) is 0 Å². The van der Waals surface area contributed by atoms with Crippen LogP contribution in [0.3, 0.4) is 0 Å². The zero-order valence-corrected chi connectivity index (χ0v) is 17.8. The van der Waals surface area contributed by atoms with Crippen LogP contribution in [0.4, 0.5) is 0 Å². The third-order valence-corrected chi connectivity index (χ3v) is 5.06. The van der Waals surface area contributed by atoms with Crippen molar-refractivity contribution in [3.8, 4) is 0 Å². The van der Waals surface area contributed by atoms with Crippen LogP contribution in [-0.2, 0) is 16.1 Å². The van der Waals surface area contributed by atoms with Gasteiger partial charge in [-0.15, -0.1) is 11.6 Å². The summed E-state index contributed by atoms with van der Waals surface area (Å²) < 4.78 is 0.